The highest BCUT2D eigenvalue weighted by Gasteiger charge is 2.49. The summed E-state index contributed by atoms with van der Waals surface area (Å²) in [5.74, 6) is -4.65. The van der Waals surface area contributed by atoms with Crippen molar-refractivity contribution in [1.82, 2.24) is 10.1 Å². The Morgan fingerprint density at radius 3 is 2.50 bits per heavy atom. The van der Waals surface area contributed by atoms with E-state index in [1.165, 1.54) is 6.33 Å². The first kappa shape index (κ1) is 14.6. The van der Waals surface area contributed by atoms with Gasteiger partial charge in [-0.05, 0) is 21.0 Å². The van der Waals surface area contributed by atoms with Gasteiger partial charge in [-0.1, -0.05) is 10.2 Å². The number of nitrogens with zero attached hydrogens (tertiary/aromatic N) is 10. The summed E-state index contributed by atoms with van der Waals surface area (Å²) in [6.07, 6.45) is 1.52. The van der Waals surface area contributed by atoms with E-state index in [1.54, 1.807) is 11.7 Å². The second kappa shape index (κ2) is 5.91. The molecule has 15 nitrogen and oxygen atoms in total. The fourth-order valence-electron chi connectivity index (χ4n) is 0.861. The lowest BCUT2D eigenvalue weighted by Gasteiger charge is -2.09. The minimum Gasteiger partial charge on any atom is -0.540 e. The van der Waals surface area contributed by atoms with Crippen LogP contribution in [0.3, 0.4) is 0 Å². The highest BCUT2D eigenvalue weighted by atomic mass is 16.6. The van der Waals surface area contributed by atoms with Crippen molar-refractivity contribution in [3.05, 3.63) is 26.9 Å². The van der Waals surface area contributed by atoms with E-state index in [1.807, 2.05) is 0 Å². The van der Waals surface area contributed by atoms with Crippen LogP contribution in [0.25, 0.3) is 10.4 Å². The zero-order valence-corrected chi connectivity index (χ0v) is 9.68. The minimum absolute atomic E-state index is 0.278. The van der Waals surface area contributed by atoms with Crippen LogP contribution in [0, 0.1) is 10.1 Å². The fraction of sp³-hybridized carbons (Fsp3) is 0.400. The average molecular weight is 283 g/mol. The molecular formula is C5H5N11O4. The van der Waals surface area contributed by atoms with Gasteiger partial charge in [0, 0.05) is 10.0 Å². The Morgan fingerprint density at radius 1 is 1.60 bits per heavy atom. The summed E-state index contributed by atoms with van der Waals surface area (Å²) in [7, 11) is 1.75. The van der Waals surface area contributed by atoms with Gasteiger partial charge >= 0.3 is 18.1 Å². The average Bonchev–Trinajstić information content (AvgIpc) is 3.00. The quantitative estimate of drug-likeness (QED) is 0.177. The van der Waals surface area contributed by atoms with Crippen molar-refractivity contribution in [1.29, 1.82) is 0 Å². The number of nitrogens with one attached hydrogen (secondary N) is 1. The number of aromatic amines is 1. The maximum atomic E-state index is 10.1. The monoisotopic (exact) mass is 283 g/mol. The van der Waals surface area contributed by atoms with Gasteiger partial charge in [0.1, 0.15) is 7.05 Å². The van der Waals surface area contributed by atoms with Crippen LogP contribution in [0.4, 0.5) is 5.95 Å². The highest BCUT2D eigenvalue weighted by molar-refractivity contribution is 5.74. The Kier molecular flexibility index (Phi) is 4.31. The van der Waals surface area contributed by atoms with Gasteiger partial charge in [0.25, 0.3) is 0 Å². The van der Waals surface area contributed by atoms with E-state index in [-0.39, 0.29) is 5.95 Å². The molecule has 1 aliphatic heterocycles. The Balaban J connectivity index is 0.000000204. The maximum absolute atomic E-state index is 10.1. The maximum Gasteiger partial charge on any atom is 0.489 e. The molecule has 0 amide bonds. The number of carbonyl (C=O) groups is 1. The van der Waals surface area contributed by atoms with E-state index in [9.17, 15) is 20.0 Å². The summed E-state index contributed by atoms with van der Waals surface area (Å²) < 4.78 is 1.59. The molecule has 0 aliphatic carbocycles. The number of carboxylic acid groups (broad SMARTS) is 1. The number of H-pyrrole nitrogens is 1. The molecule has 0 fully saturated rings. The molecule has 2 heterocycles. The molecule has 0 aromatic carbocycles. The highest BCUT2D eigenvalue weighted by Crippen LogP contribution is 2.19. The standard InChI is InChI=1S/C3H4N6.C2HN5O4/c1-9-2-5-3(7-9)6-8-4;8-1(9)2(7(10)11)3-5-6-4-2/h2H,1H3;(H,8,9). The molecule has 2 rings (SSSR count). The molecule has 1 aromatic rings. The SMILES string of the molecule is C[n+]1cnc(N=[N+]=[N-])[nH]1.O=C([O-])C1([N+](=O)[O-])N=NN=N1. The number of hydrogen-bond donors (Lipinski definition) is 1. The van der Waals surface area contributed by atoms with E-state index < -0.39 is 16.7 Å². The third-order valence-electron chi connectivity index (χ3n) is 1.71. The number of nitro groups is 1. The van der Waals surface area contributed by atoms with Gasteiger partial charge in [-0.15, -0.1) is 0 Å². The molecule has 0 saturated heterocycles. The Labute approximate surface area is 108 Å². The van der Waals surface area contributed by atoms with Gasteiger partial charge < -0.3 is 9.90 Å². The predicted molar refractivity (Wildman–Crippen MR) is 53.0 cm³/mol. The van der Waals surface area contributed by atoms with Gasteiger partial charge in [0.2, 0.25) is 0 Å². The Hall–Kier alpha value is -3.48. The molecular weight excluding hydrogens is 278 g/mol. The normalized spacial score (nSPS) is 14.1. The third kappa shape index (κ3) is 3.05. The summed E-state index contributed by atoms with van der Waals surface area (Å²) in [6.45, 7) is 0. The molecule has 1 aromatic heterocycles. The number of aryl methyl sites for hydroxylation is 1. The molecule has 0 saturated carbocycles. The van der Waals surface area contributed by atoms with Crippen molar-refractivity contribution in [3.63, 3.8) is 0 Å². The minimum atomic E-state index is -2.86. The number of carbonyl (C=O) groups excluding carboxylic acids is 1. The van der Waals surface area contributed by atoms with Crippen molar-refractivity contribution < 1.29 is 19.5 Å². The van der Waals surface area contributed by atoms with E-state index in [2.05, 4.69) is 40.8 Å². The van der Waals surface area contributed by atoms with Crippen molar-refractivity contribution in [2.75, 3.05) is 0 Å². The van der Waals surface area contributed by atoms with E-state index in [0.29, 0.717) is 0 Å². The molecule has 0 atom stereocenters. The molecule has 1 N–H and O–H groups in total. The van der Waals surface area contributed by atoms with Crippen molar-refractivity contribution in [2.24, 2.45) is 32.8 Å². The van der Waals surface area contributed by atoms with Crippen molar-refractivity contribution in [3.8, 4) is 0 Å². The number of hydrogen-bond acceptors (Lipinski definition) is 10. The van der Waals surface area contributed by atoms with E-state index in [4.69, 9.17) is 5.53 Å². The molecule has 0 spiro atoms. The van der Waals surface area contributed by atoms with Gasteiger partial charge in [0.15, 0.2) is 5.97 Å². The van der Waals surface area contributed by atoms with Crippen LogP contribution in [0.1, 0.15) is 0 Å². The Bertz CT molecular complexity index is 597. The molecule has 0 unspecified atom stereocenters. The number of rotatable bonds is 3. The smallest absolute Gasteiger partial charge is 0.489 e. The topological polar surface area (TPSA) is 214 Å². The first-order valence-corrected chi connectivity index (χ1v) is 4.58. The molecule has 0 bridgehead atoms. The van der Waals surface area contributed by atoms with Crippen LogP contribution in [0.5, 0.6) is 0 Å². The summed E-state index contributed by atoms with van der Waals surface area (Å²) >= 11 is 0. The van der Waals surface area contributed by atoms with Crippen LogP contribution < -0.4 is 9.79 Å². The van der Waals surface area contributed by atoms with Crippen molar-refractivity contribution in [2.45, 2.75) is 5.79 Å². The van der Waals surface area contributed by atoms with Crippen LogP contribution in [0.15, 0.2) is 32.1 Å². The Morgan fingerprint density at radius 2 is 2.20 bits per heavy atom. The van der Waals surface area contributed by atoms with E-state index >= 15 is 0 Å². The summed E-state index contributed by atoms with van der Waals surface area (Å²) in [5, 5.41) is 36.8. The van der Waals surface area contributed by atoms with Gasteiger partial charge in [-0.3, -0.25) is 10.1 Å². The second-order valence-electron chi connectivity index (χ2n) is 3.04. The van der Waals surface area contributed by atoms with E-state index in [0.717, 1.165) is 0 Å². The largest absolute Gasteiger partial charge is 0.540 e. The molecule has 15 heteroatoms. The van der Waals surface area contributed by atoms with Crippen molar-refractivity contribution >= 4 is 11.9 Å². The molecule has 20 heavy (non-hydrogen) atoms. The zero-order valence-electron chi connectivity index (χ0n) is 9.68. The number of azide groups is 1. The second-order valence-corrected chi connectivity index (χ2v) is 3.04. The zero-order chi connectivity index (χ0) is 15.2. The summed E-state index contributed by atoms with van der Waals surface area (Å²) in [6, 6.07) is 0. The lowest BCUT2D eigenvalue weighted by atomic mass is 10.4. The molecule has 0 radical (unpaired) electrons. The fourth-order valence-corrected chi connectivity index (χ4v) is 0.861. The van der Waals surface area contributed by atoms with Gasteiger partial charge in [-0.2, -0.15) is 9.78 Å². The summed E-state index contributed by atoms with van der Waals surface area (Å²) in [5.41, 5.74) is 7.92. The first-order valence-electron chi connectivity index (χ1n) is 4.58. The lowest BCUT2D eigenvalue weighted by Crippen LogP contribution is -2.50. The predicted octanol–water partition coefficient (Wildman–Crippen LogP) is -1.32. The number of aliphatic carboxylic acids is 1. The molecule has 1 aliphatic rings. The van der Waals surface area contributed by atoms with Crippen LogP contribution in [-0.2, 0) is 11.8 Å². The molecule has 104 valence electrons. The van der Waals surface area contributed by atoms with Gasteiger partial charge in [0.05, 0.1) is 4.92 Å². The number of carboxylic acids is 1. The van der Waals surface area contributed by atoms with Crippen LogP contribution in [-0.4, -0.2) is 26.8 Å². The first-order chi connectivity index (χ1) is 9.42. The number of aromatic nitrogens is 3. The third-order valence-corrected chi connectivity index (χ3v) is 1.71. The lowest BCUT2D eigenvalue weighted by molar-refractivity contribution is -0.727. The summed E-state index contributed by atoms with van der Waals surface area (Å²) in [4.78, 5) is 25.1. The van der Waals surface area contributed by atoms with Crippen LogP contribution >= 0.6 is 0 Å². The van der Waals surface area contributed by atoms with Crippen LogP contribution in [0.2, 0.25) is 0 Å². The van der Waals surface area contributed by atoms with Gasteiger partial charge in [-0.25, -0.2) is 0 Å².